The molecule has 2 aromatic carbocycles. The molecule has 0 unspecified atom stereocenters. The van der Waals surface area contributed by atoms with Crippen LogP contribution in [0, 0.1) is 0 Å². The Morgan fingerprint density at radius 2 is 1.73 bits per heavy atom. The van der Waals surface area contributed by atoms with Gasteiger partial charge in [-0.1, -0.05) is 38.4 Å². The van der Waals surface area contributed by atoms with Gasteiger partial charge in [0.1, 0.15) is 5.75 Å². The van der Waals surface area contributed by atoms with E-state index in [0.29, 0.717) is 22.0 Å². The average Bonchev–Trinajstić information content (AvgIpc) is 2.46. The molecule has 0 spiro atoms. The Morgan fingerprint density at radius 3 is 2.27 bits per heavy atom. The Bertz CT molecular complexity index is 672. The summed E-state index contributed by atoms with van der Waals surface area (Å²) in [4.78, 5) is 12.3. The molecule has 0 heterocycles. The molecule has 1 amide bonds. The summed E-state index contributed by atoms with van der Waals surface area (Å²) < 4.78 is 5.33. The number of carbonyl (C=O) groups excluding carboxylic acids is 1. The molecule has 1 N–H and O–H groups in total. The smallest absolute Gasteiger partial charge is 0.255 e. The lowest BCUT2D eigenvalue weighted by molar-refractivity contribution is 0.102. The molecule has 2 aromatic rings. The third-order valence-corrected chi connectivity index (χ3v) is 3.67. The zero-order valence-corrected chi connectivity index (χ0v) is 14.0. The van der Waals surface area contributed by atoms with Gasteiger partial charge in [-0.3, -0.25) is 4.79 Å². The van der Waals surface area contributed by atoms with Crippen molar-refractivity contribution in [2.75, 3.05) is 12.4 Å². The molecule has 0 atom stereocenters. The molecule has 116 valence electrons. The molecule has 0 saturated carbocycles. The van der Waals surface area contributed by atoms with Crippen molar-refractivity contribution in [3.8, 4) is 5.75 Å². The molecule has 2 rings (SSSR count). The molecule has 0 aliphatic carbocycles. The van der Waals surface area contributed by atoms with Gasteiger partial charge in [-0.15, -0.1) is 0 Å². The maximum atomic E-state index is 12.3. The fraction of sp³-hybridized carbons (Fsp3) is 0.278. The summed E-state index contributed by atoms with van der Waals surface area (Å²) >= 11 is 5.84. The van der Waals surface area contributed by atoms with Crippen LogP contribution in [-0.2, 0) is 5.41 Å². The fourth-order valence-corrected chi connectivity index (χ4v) is 2.19. The minimum atomic E-state index is -0.193. The first-order valence-corrected chi connectivity index (χ1v) is 7.44. The number of benzene rings is 2. The number of hydrogen-bond acceptors (Lipinski definition) is 2. The van der Waals surface area contributed by atoms with Crippen molar-refractivity contribution in [3.63, 3.8) is 0 Å². The van der Waals surface area contributed by atoms with Gasteiger partial charge < -0.3 is 10.1 Å². The third-order valence-electron chi connectivity index (χ3n) is 3.42. The van der Waals surface area contributed by atoms with Gasteiger partial charge in [-0.25, -0.2) is 0 Å². The van der Waals surface area contributed by atoms with Crippen LogP contribution in [0.3, 0.4) is 0 Å². The Kier molecular flexibility index (Phi) is 4.77. The molecule has 3 nitrogen and oxygen atoms in total. The third kappa shape index (κ3) is 3.80. The van der Waals surface area contributed by atoms with Crippen LogP contribution in [0.1, 0.15) is 36.7 Å². The van der Waals surface area contributed by atoms with Crippen molar-refractivity contribution < 1.29 is 9.53 Å². The van der Waals surface area contributed by atoms with Crippen LogP contribution in [0.15, 0.2) is 42.5 Å². The van der Waals surface area contributed by atoms with E-state index in [2.05, 4.69) is 26.1 Å². The molecule has 0 fully saturated rings. The van der Waals surface area contributed by atoms with Gasteiger partial charge >= 0.3 is 0 Å². The predicted molar refractivity (Wildman–Crippen MR) is 91.1 cm³/mol. The van der Waals surface area contributed by atoms with E-state index in [1.54, 1.807) is 31.4 Å². The second-order valence-electron chi connectivity index (χ2n) is 6.13. The number of ether oxygens (including phenoxy) is 1. The summed E-state index contributed by atoms with van der Waals surface area (Å²) in [5.74, 6) is 0.441. The monoisotopic (exact) mass is 317 g/mol. The molecule has 22 heavy (non-hydrogen) atoms. The van der Waals surface area contributed by atoms with Gasteiger partial charge in [-0.2, -0.15) is 0 Å². The number of nitrogens with one attached hydrogen (secondary N) is 1. The highest BCUT2D eigenvalue weighted by atomic mass is 35.5. The summed E-state index contributed by atoms with van der Waals surface area (Å²) in [7, 11) is 1.59. The highest BCUT2D eigenvalue weighted by molar-refractivity contribution is 6.30. The van der Waals surface area contributed by atoms with Crippen LogP contribution >= 0.6 is 11.6 Å². The van der Waals surface area contributed by atoms with E-state index in [4.69, 9.17) is 16.3 Å². The molecular weight excluding hydrogens is 298 g/mol. The van der Waals surface area contributed by atoms with Crippen molar-refractivity contribution in [1.82, 2.24) is 0 Å². The molecule has 0 aromatic heterocycles. The van der Waals surface area contributed by atoms with E-state index in [1.807, 2.05) is 18.2 Å². The van der Waals surface area contributed by atoms with Crippen LogP contribution < -0.4 is 10.1 Å². The molecule has 0 bridgehead atoms. The summed E-state index contributed by atoms with van der Waals surface area (Å²) in [6, 6.07) is 12.6. The first-order chi connectivity index (χ1) is 10.3. The molecular formula is C18H20ClNO2. The van der Waals surface area contributed by atoms with E-state index in [0.717, 1.165) is 5.56 Å². The number of methoxy groups -OCH3 is 1. The van der Waals surface area contributed by atoms with Gasteiger partial charge in [0.15, 0.2) is 0 Å². The number of carbonyl (C=O) groups is 1. The fourth-order valence-electron chi connectivity index (χ4n) is 2.07. The van der Waals surface area contributed by atoms with Crippen LogP contribution in [0.2, 0.25) is 5.02 Å². The number of hydrogen-bond donors (Lipinski definition) is 1. The summed E-state index contributed by atoms with van der Waals surface area (Å²) in [5, 5.41) is 3.50. The van der Waals surface area contributed by atoms with E-state index in [9.17, 15) is 4.79 Å². The minimum absolute atomic E-state index is 0.00792. The van der Waals surface area contributed by atoms with Crippen LogP contribution in [0.5, 0.6) is 5.75 Å². The lowest BCUT2D eigenvalue weighted by atomic mass is 9.87. The highest BCUT2D eigenvalue weighted by Gasteiger charge is 2.17. The van der Waals surface area contributed by atoms with Gasteiger partial charge in [0.05, 0.1) is 12.8 Å². The van der Waals surface area contributed by atoms with Gasteiger partial charge in [0.25, 0.3) is 5.91 Å². The summed E-state index contributed by atoms with van der Waals surface area (Å²) in [5.41, 5.74) is 2.33. The number of halogens is 1. The second-order valence-corrected chi connectivity index (χ2v) is 6.56. The van der Waals surface area contributed by atoms with Crippen LogP contribution in [0.4, 0.5) is 5.69 Å². The zero-order valence-electron chi connectivity index (χ0n) is 13.2. The maximum absolute atomic E-state index is 12.3. The Hall–Kier alpha value is -2.00. The number of amides is 1. The number of rotatable bonds is 3. The van der Waals surface area contributed by atoms with E-state index < -0.39 is 0 Å². The Labute approximate surface area is 136 Å². The maximum Gasteiger partial charge on any atom is 0.255 e. The number of anilines is 1. The van der Waals surface area contributed by atoms with Crippen LogP contribution in [0.25, 0.3) is 0 Å². The minimum Gasteiger partial charge on any atom is -0.495 e. The largest absolute Gasteiger partial charge is 0.495 e. The van der Waals surface area contributed by atoms with Crippen molar-refractivity contribution in [2.45, 2.75) is 26.2 Å². The van der Waals surface area contributed by atoms with Crippen molar-refractivity contribution in [2.24, 2.45) is 0 Å². The first kappa shape index (κ1) is 16.4. The highest BCUT2D eigenvalue weighted by Crippen LogP contribution is 2.31. The molecule has 0 aliphatic heterocycles. The summed E-state index contributed by atoms with van der Waals surface area (Å²) in [6.45, 7) is 6.37. The van der Waals surface area contributed by atoms with E-state index >= 15 is 0 Å². The molecule has 0 radical (unpaired) electrons. The van der Waals surface area contributed by atoms with E-state index in [1.165, 1.54) is 0 Å². The normalized spacial score (nSPS) is 11.1. The summed E-state index contributed by atoms with van der Waals surface area (Å²) in [6.07, 6.45) is 0. The van der Waals surface area contributed by atoms with Gasteiger partial charge in [-0.05, 0) is 47.4 Å². The lowest BCUT2D eigenvalue weighted by Crippen LogP contribution is -2.15. The lowest BCUT2D eigenvalue weighted by Gasteiger charge is -2.21. The quantitative estimate of drug-likeness (QED) is 0.874. The van der Waals surface area contributed by atoms with E-state index in [-0.39, 0.29) is 11.3 Å². The van der Waals surface area contributed by atoms with Crippen molar-refractivity contribution in [3.05, 3.63) is 58.6 Å². The Balaban J connectivity index is 2.31. The van der Waals surface area contributed by atoms with Crippen molar-refractivity contribution >= 4 is 23.2 Å². The average molecular weight is 318 g/mol. The zero-order chi connectivity index (χ0) is 16.3. The molecule has 4 heteroatoms. The molecule has 0 aliphatic rings. The Morgan fingerprint density at radius 1 is 1.09 bits per heavy atom. The van der Waals surface area contributed by atoms with Gasteiger partial charge in [0, 0.05) is 10.6 Å². The first-order valence-electron chi connectivity index (χ1n) is 7.06. The van der Waals surface area contributed by atoms with Crippen molar-refractivity contribution in [1.29, 1.82) is 0 Å². The van der Waals surface area contributed by atoms with Crippen LogP contribution in [-0.4, -0.2) is 13.0 Å². The SMILES string of the molecule is COc1ccc(C(C)(C)C)cc1NC(=O)c1ccc(Cl)cc1. The standard InChI is InChI=1S/C18H20ClNO2/c1-18(2,3)13-7-10-16(22-4)15(11-13)20-17(21)12-5-8-14(19)9-6-12/h5-11H,1-4H3,(H,20,21). The second kappa shape index (κ2) is 6.41. The molecule has 0 saturated heterocycles. The topological polar surface area (TPSA) is 38.3 Å². The predicted octanol–water partition coefficient (Wildman–Crippen LogP) is 4.90. The van der Waals surface area contributed by atoms with Gasteiger partial charge in [0.2, 0.25) is 0 Å².